The van der Waals surface area contributed by atoms with E-state index in [2.05, 4.69) is 19.7 Å². The first-order valence-electron chi connectivity index (χ1n) is 4.73. The summed E-state index contributed by atoms with van der Waals surface area (Å²) in [5.41, 5.74) is 6.37. The molecule has 8 nitrogen and oxygen atoms in total. The average Bonchev–Trinajstić information content (AvgIpc) is 2.57. The zero-order chi connectivity index (χ0) is 13.1. The quantitative estimate of drug-likeness (QED) is 0.620. The van der Waals surface area contributed by atoms with E-state index >= 15 is 0 Å². The van der Waals surface area contributed by atoms with Crippen molar-refractivity contribution < 1.29 is 17.9 Å². The summed E-state index contributed by atoms with van der Waals surface area (Å²) in [6.07, 6.45) is -0.227. The fraction of sp³-hybridized carbons (Fsp3) is 0.500. The number of hydrogen-bond donors (Lipinski definition) is 3. The van der Waals surface area contributed by atoms with Gasteiger partial charge in [0.25, 0.3) is 0 Å². The first-order valence-corrected chi connectivity index (χ1v) is 6.38. The smallest absolute Gasteiger partial charge is 0.306 e. The molecule has 0 atom stereocenters. The van der Waals surface area contributed by atoms with Crippen LogP contribution in [0.5, 0.6) is 0 Å². The highest BCUT2D eigenvalue weighted by atomic mass is 32.2. The molecule has 0 aliphatic heterocycles. The number of rotatable bonds is 5. The van der Waals surface area contributed by atoms with Gasteiger partial charge < -0.3 is 10.5 Å². The number of nitrogens with two attached hydrogens (primary N) is 1. The molecule has 1 aromatic rings. The summed E-state index contributed by atoms with van der Waals surface area (Å²) >= 11 is 0. The SMILES string of the molecule is COC(=O)CCS(=O)(=O)Nc1n[nH]c(C)c1N. The van der Waals surface area contributed by atoms with E-state index in [1.165, 1.54) is 7.11 Å². The minimum atomic E-state index is -3.66. The number of methoxy groups -OCH3 is 1. The largest absolute Gasteiger partial charge is 0.469 e. The van der Waals surface area contributed by atoms with E-state index in [0.29, 0.717) is 5.69 Å². The van der Waals surface area contributed by atoms with E-state index in [1.54, 1.807) is 6.92 Å². The van der Waals surface area contributed by atoms with E-state index in [9.17, 15) is 13.2 Å². The van der Waals surface area contributed by atoms with Crippen LogP contribution < -0.4 is 10.5 Å². The van der Waals surface area contributed by atoms with Crippen molar-refractivity contribution in [3.05, 3.63) is 5.69 Å². The van der Waals surface area contributed by atoms with Gasteiger partial charge in [0.2, 0.25) is 10.0 Å². The maximum atomic E-state index is 11.6. The number of ether oxygens (including phenoxy) is 1. The lowest BCUT2D eigenvalue weighted by atomic mass is 10.4. The number of hydrogen-bond acceptors (Lipinski definition) is 6. The van der Waals surface area contributed by atoms with Gasteiger partial charge in [-0.1, -0.05) is 0 Å². The minimum Gasteiger partial charge on any atom is -0.469 e. The van der Waals surface area contributed by atoms with Gasteiger partial charge in [0.05, 0.1) is 30.7 Å². The highest BCUT2D eigenvalue weighted by Crippen LogP contribution is 2.19. The Morgan fingerprint density at radius 2 is 2.24 bits per heavy atom. The third kappa shape index (κ3) is 3.63. The Bertz CT molecular complexity index is 508. The number of carbonyl (C=O) groups excluding carboxylic acids is 1. The predicted octanol–water partition coefficient (Wildman–Crippen LogP) is -0.395. The Morgan fingerprint density at radius 3 is 2.71 bits per heavy atom. The van der Waals surface area contributed by atoms with Crippen molar-refractivity contribution in [1.29, 1.82) is 0 Å². The normalized spacial score (nSPS) is 11.2. The number of nitrogen functional groups attached to an aromatic ring is 1. The summed E-state index contributed by atoms with van der Waals surface area (Å²) in [6.45, 7) is 1.66. The topological polar surface area (TPSA) is 127 Å². The van der Waals surface area contributed by atoms with E-state index in [1.807, 2.05) is 0 Å². The van der Waals surface area contributed by atoms with Crippen LogP contribution in [0.15, 0.2) is 0 Å². The highest BCUT2D eigenvalue weighted by molar-refractivity contribution is 7.92. The number of sulfonamides is 1. The summed E-state index contributed by atoms with van der Waals surface area (Å²) < 4.78 is 29.6. The predicted molar refractivity (Wildman–Crippen MR) is 61.8 cm³/mol. The van der Waals surface area contributed by atoms with E-state index in [0.717, 1.165) is 0 Å². The molecule has 4 N–H and O–H groups in total. The van der Waals surface area contributed by atoms with Crippen molar-refractivity contribution in [1.82, 2.24) is 10.2 Å². The lowest BCUT2D eigenvalue weighted by Gasteiger charge is -2.05. The highest BCUT2D eigenvalue weighted by Gasteiger charge is 2.17. The molecule has 0 spiro atoms. The lowest BCUT2D eigenvalue weighted by molar-refractivity contribution is -0.140. The molecule has 0 radical (unpaired) electrons. The standard InChI is InChI=1S/C8H14N4O4S/c1-5-7(9)8(11-10-5)12-17(14,15)4-3-6(13)16-2/h3-4,9H2,1-2H3,(H2,10,11,12). The van der Waals surface area contributed by atoms with E-state index in [4.69, 9.17) is 5.73 Å². The Kier molecular flexibility index (Phi) is 3.94. The Balaban J connectivity index is 2.67. The third-order valence-electron chi connectivity index (χ3n) is 2.05. The van der Waals surface area contributed by atoms with Gasteiger partial charge in [-0.25, -0.2) is 8.42 Å². The molecule has 1 aromatic heterocycles. The number of anilines is 2. The summed E-state index contributed by atoms with van der Waals surface area (Å²) in [6, 6.07) is 0. The van der Waals surface area contributed by atoms with Gasteiger partial charge in [-0.05, 0) is 6.92 Å². The fourth-order valence-electron chi connectivity index (χ4n) is 1.03. The van der Waals surface area contributed by atoms with Gasteiger partial charge in [0, 0.05) is 0 Å². The molecule has 0 aromatic carbocycles. The number of aromatic amines is 1. The van der Waals surface area contributed by atoms with Crippen molar-refractivity contribution in [3.63, 3.8) is 0 Å². The molecule has 0 bridgehead atoms. The van der Waals surface area contributed by atoms with Crippen molar-refractivity contribution in [3.8, 4) is 0 Å². The van der Waals surface area contributed by atoms with E-state index in [-0.39, 0.29) is 23.7 Å². The van der Waals surface area contributed by atoms with Gasteiger partial charge in [0.15, 0.2) is 5.82 Å². The lowest BCUT2D eigenvalue weighted by Crippen LogP contribution is -2.20. The number of esters is 1. The van der Waals surface area contributed by atoms with Crippen LogP contribution in [0.1, 0.15) is 12.1 Å². The summed E-state index contributed by atoms with van der Waals surface area (Å²) in [4.78, 5) is 10.8. The number of aryl methyl sites for hydroxylation is 1. The Morgan fingerprint density at radius 1 is 1.59 bits per heavy atom. The van der Waals surface area contributed by atoms with Crippen LogP contribution in [0.3, 0.4) is 0 Å². The van der Waals surface area contributed by atoms with Gasteiger partial charge in [-0.3, -0.25) is 14.6 Å². The van der Waals surface area contributed by atoms with Crippen LogP contribution in [-0.2, 0) is 19.6 Å². The zero-order valence-electron chi connectivity index (χ0n) is 9.48. The van der Waals surface area contributed by atoms with Crippen LogP contribution >= 0.6 is 0 Å². The monoisotopic (exact) mass is 262 g/mol. The number of nitrogens with zero attached hydrogens (tertiary/aromatic N) is 1. The second kappa shape index (κ2) is 5.04. The molecular formula is C8H14N4O4S. The molecule has 96 valence electrons. The zero-order valence-corrected chi connectivity index (χ0v) is 10.3. The van der Waals surface area contributed by atoms with Gasteiger partial charge in [-0.15, -0.1) is 0 Å². The molecule has 9 heteroatoms. The maximum absolute atomic E-state index is 11.6. The minimum absolute atomic E-state index is 0.0346. The van der Waals surface area contributed by atoms with Gasteiger partial charge >= 0.3 is 5.97 Å². The molecule has 1 heterocycles. The van der Waals surface area contributed by atoms with Crippen LogP contribution in [0, 0.1) is 6.92 Å². The summed E-state index contributed by atoms with van der Waals surface area (Å²) in [7, 11) is -2.47. The van der Waals surface area contributed by atoms with Crippen LogP contribution in [0.2, 0.25) is 0 Å². The van der Waals surface area contributed by atoms with Crippen molar-refractivity contribution in [2.75, 3.05) is 23.3 Å². The average molecular weight is 262 g/mol. The van der Waals surface area contributed by atoms with Crippen LogP contribution in [-0.4, -0.2) is 37.4 Å². The first-order chi connectivity index (χ1) is 7.85. The first kappa shape index (κ1) is 13.3. The Hall–Kier alpha value is -1.77. The second-order valence-corrected chi connectivity index (χ2v) is 5.20. The Labute approximate surface area is 98.6 Å². The number of nitrogens with one attached hydrogen (secondary N) is 2. The van der Waals surface area contributed by atoms with Gasteiger partial charge in [0.1, 0.15) is 0 Å². The van der Waals surface area contributed by atoms with Crippen LogP contribution in [0.25, 0.3) is 0 Å². The van der Waals surface area contributed by atoms with Gasteiger partial charge in [-0.2, -0.15) is 5.10 Å². The third-order valence-corrected chi connectivity index (χ3v) is 3.30. The molecule has 0 saturated carbocycles. The molecule has 1 rings (SSSR count). The molecule has 0 amide bonds. The fourth-order valence-corrected chi connectivity index (χ4v) is 2.02. The molecule has 17 heavy (non-hydrogen) atoms. The maximum Gasteiger partial charge on any atom is 0.306 e. The molecule has 0 saturated heterocycles. The second-order valence-electron chi connectivity index (χ2n) is 3.36. The summed E-state index contributed by atoms with van der Waals surface area (Å²) in [5, 5.41) is 6.23. The van der Waals surface area contributed by atoms with Crippen molar-refractivity contribution in [2.24, 2.45) is 0 Å². The molecule has 0 unspecified atom stereocenters. The number of aromatic nitrogens is 2. The van der Waals surface area contributed by atoms with Crippen LogP contribution in [0.4, 0.5) is 11.5 Å². The van der Waals surface area contributed by atoms with Crippen molar-refractivity contribution in [2.45, 2.75) is 13.3 Å². The molecule has 0 fully saturated rings. The molecule has 0 aliphatic carbocycles. The number of carbonyl (C=O) groups is 1. The van der Waals surface area contributed by atoms with E-state index < -0.39 is 16.0 Å². The van der Waals surface area contributed by atoms with Crippen molar-refractivity contribution >= 4 is 27.5 Å². The summed E-state index contributed by atoms with van der Waals surface area (Å²) in [5.74, 6) is -0.945. The number of H-pyrrole nitrogens is 1. The molecular weight excluding hydrogens is 248 g/mol. The molecule has 0 aliphatic rings.